The summed E-state index contributed by atoms with van der Waals surface area (Å²) in [6.45, 7) is 9.80. The Kier molecular flexibility index (Phi) is 6.51. The van der Waals surface area contributed by atoms with E-state index in [1.54, 1.807) is 0 Å². The topological polar surface area (TPSA) is 35.5 Å². The molecule has 3 heteroatoms. The zero-order valence-electron chi connectivity index (χ0n) is 14.4. The van der Waals surface area contributed by atoms with Crippen molar-refractivity contribution in [3.8, 4) is 0 Å². The van der Waals surface area contributed by atoms with Gasteiger partial charge in [0.15, 0.2) is 0 Å². The predicted molar refractivity (Wildman–Crippen MR) is 89.5 cm³/mol. The Morgan fingerprint density at radius 3 is 2.43 bits per heavy atom. The summed E-state index contributed by atoms with van der Waals surface area (Å²) in [5.74, 6) is 0.788. The monoisotopic (exact) mass is 296 g/mol. The van der Waals surface area contributed by atoms with E-state index in [9.17, 15) is 5.11 Å². The standard InChI is InChI=1S/C18H36N2O/c1-18(2,3)19-13-16-10-6-7-11-20(16)14-17(21)12-15-8-4-5-9-15/h15-17,19,21H,4-14H2,1-3H3. The lowest BCUT2D eigenvalue weighted by Gasteiger charge is -2.38. The SMILES string of the molecule is CC(C)(C)NCC1CCCCN1CC(O)CC1CCCC1. The second-order valence-corrected chi connectivity index (χ2v) is 8.32. The van der Waals surface area contributed by atoms with Crippen LogP contribution in [0.25, 0.3) is 0 Å². The Hall–Kier alpha value is -0.120. The molecule has 0 aromatic heterocycles. The van der Waals surface area contributed by atoms with Crippen LogP contribution in [-0.4, -0.2) is 47.3 Å². The molecule has 2 atom stereocenters. The molecule has 1 saturated carbocycles. The fourth-order valence-corrected chi connectivity index (χ4v) is 3.93. The van der Waals surface area contributed by atoms with E-state index in [4.69, 9.17) is 0 Å². The Labute approximate surface area is 131 Å². The third-order valence-electron chi connectivity index (χ3n) is 5.14. The smallest absolute Gasteiger partial charge is 0.0669 e. The number of aliphatic hydroxyl groups is 1. The number of piperidine rings is 1. The van der Waals surface area contributed by atoms with Gasteiger partial charge in [0.2, 0.25) is 0 Å². The van der Waals surface area contributed by atoms with Crippen LogP contribution in [0.3, 0.4) is 0 Å². The van der Waals surface area contributed by atoms with Crippen molar-refractivity contribution >= 4 is 0 Å². The normalized spacial score (nSPS) is 27.1. The molecule has 0 bridgehead atoms. The molecule has 2 rings (SSSR count). The molecule has 3 nitrogen and oxygen atoms in total. The maximum Gasteiger partial charge on any atom is 0.0669 e. The van der Waals surface area contributed by atoms with Crippen molar-refractivity contribution in [3.05, 3.63) is 0 Å². The second kappa shape index (κ2) is 7.94. The highest BCUT2D eigenvalue weighted by molar-refractivity contribution is 4.84. The molecule has 124 valence electrons. The molecule has 2 fully saturated rings. The van der Waals surface area contributed by atoms with Crippen molar-refractivity contribution in [2.24, 2.45) is 5.92 Å². The summed E-state index contributed by atoms with van der Waals surface area (Å²) >= 11 is 0. The van der Waals surface area contributed by atoms with Gasteiger partial charge in [0, 0.05) is 24.7 Å². The summed E-state index contributed by atoms with van der Waals surface area (Å²) in [4.78, 5) is 2.54. The van der Waals surface area contributed by atoms with E-state index in [-0.39, 0.29) is 11.6 Å². The summed E-state index contributed by atoms with van der Waals surface area (Å²) in [7, 11) is 0. The highest BCUT2D eigenvalue weighted by atomic mass is 16.3. The number of hydrogen-bond acceptors (Lipinski definition) is 3. The van der Waals surface area contributed by atoms with E-state index >= 15 is 0 Å². The van der Waals surface area contributed by atoms with Crippen molar-refractivity contribution < 1.29 is 5.11 Å². The van der Waals surface area contributed by atoms with Crippen LogP contribution in [-0.2, 0) is 0 Å². The van der Waals surface area contributed by atoms with Gasteiger partial charge in [-0.25, -0.2) is 0 Å². The summed E-state index contributed by atoms with van der Waals surface area (Å²) in [5, 5.41) is 14.1. The van der Waals surface area contributed by atoms with Gasteiger partial charge in [-0.1, -0.05) is 32.1 Å². The van der Waals surface area contributed by atoms with E-state index in [1.165, 1.54) is 44.9 Å². The van der Waals surface area contributed by atoms with Crippen LogP contribution in [0.2, 0.25) is 0 Å². The van der Waals surface area contributed by atoms with E-state index in [0.717, 1.165) is 32.0 Å². The van der Waals surface area contributed by atoms with Crippen LogP contribution >= 0.6 is 0 Å². The number of rotatable bonds is 6. The lowest BCUT2D eigenvalue weighted by atomic mass is 9.97. The lowest BCUT2D eigenvalue weighted by molar-refractivity contribution is 0.0523. The summed E-state index contributed by atoms with van der Waals surface area (Å²) in [6.07, 6.45) is 10.2. The molecule has 1 aliphatic carbocycles. The first-order valence-corrected chi connectivity index (χ1v) is 9.11. The van der Waals surface area contributed by atoms with Crippen LogP contribution in [0, 0.1) is 5.92 Å². The Balaban J connectivity index is 1.77. The second-order valence-electron chi connectivity index (χ2n) is 8.32. The van der Waals surface area contributed by atoms with Crippen LogP contribution in [0.15, 0.2) is 0 Å². The fraction of sp³-hybridized carbons (Fsp3) is 1.00. The van der Waals surface area contributed by atoms with Gasteiger partial charge in [0.25, 0.3) is 0 Å². The molecule has 1 heterocycles. The lowest BCUT2D eigenvalue weighted by Crippen LogP contribution is -2.51. The summed E-state index contributed by atoms with van der Waals surface area (Å²) < 4.78 is 0. The van der Waals surface area contributed by atoms with Gasteiger partial charge in [-0.3, -0.25) is 4.90 Å². The quantitative estimate of drug-likeness (QED) is 0.790. The van der Waals surface area contributed by atoms with Crippen LogP contribution in [0.1, 0.15) is 72.1 Å². The predicted octanol–water partition coefficient (Wildman–Crippen LogP) is 3.17. The first-order valence-electron chi connectivity index (χ1n) is 9.11. The minimum absolute atomic E-state index is 0.122. The van der Waals surface area contributed by atoms with E-state index in [2.05, 4.69) is 31.0 Å². The van der Waals surface area contributed by atoms with Gasteiger partial charge in [-0.15, -0.1) is 0 Å². The number of β-amino-alcohol motifs (C(OH)–C–C–N with tert-alkyl or cyclic N) is 1. The fourth-order valence-electron chi connectivity index (χ4n) is 3.93. The van der Waals surface area contributed by atoms with E-state index in [1.807, 2.05) is 0 Å². The van der Waals surface area contributed by atoms with Gasteiger partial charge in [-0.05, 0) is 52.5 Å². The van der Waals surface area contributed by atoms with Crippen molar-refractivity contribution in [2.75, 3.05) is 19.6 Å². The molecule has 1 aliphatic heterocycles. The molecule has 0 radical (unpaired) electrons. The Bertz CT molecular complexity index is 294. The number of likely N-dealkylation sites (tertiary alicyclic amines) is 1. The zero-order chi connectivity index (χ0) is 15.3. The first-order chi connectivity index (χ1) is 9.94. The molecule has 0 aromatic rings. The number of aliphatic hydroxyl groups excluding tert-OH is 1. The molecule has 0 spiro atoms. The van der Waals surface area contributed by atoms with E-state index in [0.29, 0.717) is 6.04 Å². The average Bonchev–Trinajstić information content (AvgIpc) is 2.89. The number of nitrogens with one attached hydrogen (secondary N) is 1. The number of nitrogens with zero attached hydrogens (tertiary/aromatic N) is 1. The molecule has 0 amide bonds. The zero-order valence-corrected chi connectivity index (χ0v) is 14.4. The molecular formula is C18H36N2O. The van der Waals surface area contributed by atoms with Crippen molar-refractivity contribution in [1.29, 1.82) is 0 Å². The molecule has 2 unspecified atom stereocenters. The molecule has 0 aromatic carbocycles. The summed E-state index contributed by atoms with van der Waals surface area (Å²) in [6, 6.07) is 0.608. The highest BCUT2D eigenvalue weighted by Gasteiger charge is 2.27. The molecular weight excluding hydrogens is 260 g/mol. The Morgan fingerprint density at radius 1 is 1.10 bits per heavy atom. The van der Waals surface area contributed by atoms with Gasteiger partial charge >= 0.3 is 0 Å². The maximum absolute atomic E-state index is 10.4. The highest BCUT2D eigenvalue weighted by Crippen LogP contribution is 2.29. The maximum atomic E-state index is 10.4. The van der Waals surface area contributed by atoms with Crippen molar-refractivity contribution in [2.45, 2.75) is 89.8 Å². The van der Waals surface area contributed by atoms with Crippen LogP contribution < -0.4 is 5.32 Å². The molecule has 1 saturated heterocycles. The van der Waals surface area contributed by atoms with Gasteiger partial charge in [-0.2, -0.15) is 0 Å². The summed E-state index contributed by atoms with van der Waals surface area (Å²) in [5.41, 5.74) is 0.186. The van der Waals surface area contributed by atoms with Crippen LogP contribution in [0.5, 0.6) is 0 Å². The van der Waals surface area contributed by atoms with E-state index < -0.39 is 0 Å². The average molecular weight is 296 g/mol. The minimum atomic E-state index is -0.122. The number of hydrogen-bond donors (Lipinski definition) is 2. The van der Waals surface area contributed by atoms with Crippen LogP contribution in [0.4, 0.5) is 0 Å². The molecule has 2 N–H and O–H groups in total. The van der Waals surface area contributed by atoms with Crippen molar-refractivity contribution in [3.63, 3.8) is 0 Å². The third-order valence-corrected chi connectivity index (χ3v) is 5.14. The first kappa shape index (κ1) is 17.2. The van der Waals surface area contributed by atoms with Gasteiger partial charge < -0.3 is 10.4 Å². The minimum Gasteiger partial charge on any atom is -0.392 e. The largest absolute Gasteiger partial charge is 0.392 e. The van der Waals surface area contributed by atoms with Crippen molar-refractivity contribution in [1.82, 2.24) is 10.2 Å². The Morgan fingerprint density at radius 2 is 1.76 bits per heavy atom. The molecule has 2 aliphatic rings. The van der Waals surface area contributed by atoms with Gasteiger partial charge in [0.05, 0.1) is 6.10 Å². The molecule has 21 heavy (non-hydrogen) atoms. The van der Waals surface area contributed by atoms with Gasteiger partial charge in [0.1, 0.15) is 0 Å². The third kappa shape index (κ3) is 6.25.